The second kappa shape index (κ2) is 6.64. The average molecular weight is 394 g/mol. The van der Waals surface area contributed by atoms with Gasteiger partial charge in [-0.1, -0.05) is 6.92 Å². The summed E-state index contributed by atoms with van der Waals surface area (Å²) < 4.78 is 61.7. The molecule has 0 aliphatic carbocycles. The van der Waals surface area contributed by atoms with Crippen LogP contribution >= 0.6 is 11.3 Å². The van der Waals surface area contributed by atoms with E-state index in [2.05, 4.69) is 10.3 Å². The number of hydrogen-bond donors (Lipinski definition) is 2. The molecule has 11 heteroatoms. The molecule has 0 saturated carbocycles. The Balaban J connectivity index is 2.30. The van der Waals surface area contributed by atoms with E-state index in [0.29, 0.717) is 6.07 Å². The molecular formula is C14H13F3N2O4S2. The summed E-state index contributed by atoms with van der Waals surface area (Å²) in [6.45, 7) is 2.49. The Morgan fingerprint density at radius 1 is 1.36 bits per heavy atom. The highest BCUT2D eigenvalue weighted by atomic mass is 32.2. The average Bonchev–Trinajstić information content (AvgIpc) is 2.97. The highest BCUT2D eigenvalue weighted by Crippen LogP contribution is 2.37. The van der Waals surface area contributed by atoms with Crippen LogP contribution in [0.5, 0.6) is 5.75 Å². The molecule has 25 heavy (non-hydrogen) atoms. The van der Waals surface area contributed by atoms with E-state index in [9.17, 15) is 31.5 Å². The SMILES string of the molecule is CCS(=O)(=O)c1csc(NC(=O)c2ccc(C(F)(F)F)c(C)c2O)n1. The third-order valence-electron chi connectivity index (χ3n) is 3.38. The van der Waals surface area contributed by atoms with Gasteiger partial charge in [0.25, 0.3) is 5.91 Å². The first-order valence-corrected chi connectivity index (χ1v) is 9.40. The first kappa shape index (κ1) is 19.2. The number of aromatic nitrogens is 1. The van der Waals surface area contributed by atoms with E-state index in [4.69, 9.17) is 0 Å². The highest BCUT2D eigenvalue weighted by Gasteiger charge is 2.34. The number of anilines is 1. The van der Waals surface area contributed by atoms with E-state index < -0.39 is 38.8 Å². The maximum absolute atomic E-state index is 12.8. The van der Waals surface area contributed by atoms with Crippen molar-refractivity contribution >= 4 is 32.2 Å². The molecule has 0 unspecified atom stereocenters. The number of phenolic OH excluding ortho intramolecular Hbond substituents is 1. The number of benzene rings is 1. The van der Waals surface area contributed by atoms with Crippen LogP contribution in [0.25, 0.3) is 0 Å². The second-order valence-corrected chi connectivity index (χ2v) is 8.06. The van der Waals surface area contributed by atoms with Gasteiger partial charge in [0.15, 0.2) is 20.0 Å². The normalized spacial score (nSPS) is 12.2. The molecule has 2 rings (SSSR count). The summed E-state index contributed by atoms with van der Waals surface area (Å²) in [7, 11) is -3.54. The Morgan fingerprint density at radius 2 is 2.00 bits per heavy atom. The van der Waals surface area contributed by atoms with Gasteiger partial charge in [-0.2, -0.15) is 13.2 Å². The van der Waals surface area contributed by atoms with E-state index >= 15 is 0 Å². The number of sulfone groups is 1. The molecule has 0 aliphatic rings. The van der Waals surface area contributed by atoms with Gasteiger partial charge in [0.1, 0.15) is 5.75 Å². The van der Waals surface area contributed by atoms with Crippen molar-refractivity contribution in [2.45, 2.75) is 25.0 Å². The van der Waals surface area contributed by atoms with Gasteiger partial charge in [-0.25, -0.2) is 13.4 Å². The minimum Gasteiger partial charge on any atom is -0.507 e. The molecule has 0 atom stereocenters. The number of rotatable bonds is 4. The number of nitrogens with one attached hydrogen (secondary N) is 1. The molecule has 0 bridgehead atoms. The molecule has 1 aromatic carbocycles. The number of hydrogen-bond acceptors (Lipinski definition) is 6. The third kappa shape index (κ3) is 3.93. The standard InChI is InChI=1S/C14H13F3N2O4S2/c1-3-25(22,23)10-6-24-13(18-10)19-12(21)8-4-5-9(14(15,16)17)7(2)11(8)20/h4-6,20H,3H2,1-2H3,(H,18,19,21). The predicted octanol–water partition coefficient (Wildman–Crippen LogP) is 3.22. The zero-order valence-electron chi connectivity index (χ0n) is 13.0. The predicted molar refractivity (Wildman–Crippen MR) is 85.6 cm³/mol. The summed E-state index contributed by atoms with van der Waals surface area (Å²) in [5.74, 6) is -1.86. The maximum Gasteiger partial charge on any atom is 0.416 e. The molecule has 136 valence electrons. The molecular weight excluding hydrogens is 381 g/mol. The summed E-state index contributed by atoms with van der Waals surface area (Å²) >= 11 is 0.848. The number of halogens is 3. The molecule has 1 amide bonds. The molecule has 0 fully saturated rings. The first-order valence-electron chi connectivity index (χ1n) is 6.86. The molecule has 2 N–H and O–H groups in total. The van der Waals surface area contributed by atoms with E-state index in [-0.39, 0.29) is 21.5 Å². The number of thiazole rings is 1. The summed E-state index contributed by atoms with van der Waals surface area (Å²) in [5.41, 5.74) is -1.90. The van der Waals surface area contributed by atoms with Crippen LogP contribution in [0, 0.1) is 6.92 Å². The number of alkyl halides is 3. The van der Waals surface area contributed by atoms with Gasteiger partial charge in [0.05, 0.1) is 16.9 Å². The van der Waals surface area contributed by atoms with Crippen LogP contribution in [0.1, 0.15) is 28.4 Å². The van der Waals surface area contributed by atoms with Crippen LogP contribution in [0.15, 0.2) is 22.5 Å². The largest absolute Gasteiger partial charge is 0.507 e. The van der Waals surface area contributed by atoms with Crippen molar-refractivity contribution < 1.29 is 31.5 Å². The highest BCUT2D eigenvalue weighted by molar-refractivity contribution is 7.91. The maximum atomic E-state index is 12.8. The Bertz CT molecular complexity index is 921. The summed E-state index contributed by atoms with van der Waals surface area (Å²) in [5, 5.41) is 13.1. The van der Waals surface area contributed by atoms with Crippen LogP contribution in [-0.2, 0) is 16.0 Å². The van der Waals surface area contributed by atoms with Gasteiger partial charge in [-0.15, -0.1) is 11.3 Å². The van der Waals surface area contributed by atoms with Crippen molar-refractivity contribution in [3.63, 3.8) is 0 Å². The van der Waals surface area contributed by atoms with Crippen molar-refractivity contribution in [2.75, 3.05) is 11.1 Å². The van der Waals surface area contributed by atoms with Gasteiger partial charge in [0, 0.05) is 10.9 Å². The van der Waals surface area contributed by atoms with Gasteiger partial charge in [0.2, 0.25) is 0 Å². The number of aromatic hydroxyl groups is 1. The van der Waals surface area contributed by atoms with E-state index in [1.54, 1.807) is 0 Å². The van der Waals surface area contributed by atoms with Crippen LogP contribution in [-0.4, -0.2) is 30.2 Å². The van der Waals surface area contributed by atoms with Crippen LogP contribution in [0.3, 0.4) is 0 Å². The van der Waals surface area contributed by atoms with Crippen molar-refractivity contribution in [1.29, 1.82) is 0 Å². The number of amides is 1. The van der Waals surface area contributed by atoms with Crippen LogP contribution in [0.2, 0.25) is 0 Å². The lowest BCUT2D eigenvalue weighted by atomic mass is 10.0. The van der Waals surface area contributed by atoms with Crippen molar-refractivity contribution in [2.24, 2.45) is 0 Å². The molecule has 0 saturated heterocycles. The molecule has 2 aromatic rings. The summed E-state index contributed by atoms with van der Waals surface area (Å²) in [6.07, 6.45) is -4.66. The number of carbonyl (C=O) groups is 1. The van der Waals surface area contributed by atoms with Crippen molar-refractivity contribution in [1.82, 2.24) is 4.98 Å². The molecule has 1 heterocycles. The fourth-order valence-corrected chi connectivity index (χ4v) is 3.84. The number of phenols is 1. The lowest BCUT2D eigenvalue weighted by molar-refractivity contribution is -0.138. The fraction of sp³-hybridized carbons (Fsp3) is 0.286. The lowest BCUT2D eigenvalue weighted by Gasteiger charge is -2.13. The minimum absolute atomic E-state index is 0.0472. The Kier molecular flexibility index (Phi) is 5.09. The molecule has 1 aromatic heterocycles. The zero-order valence-corrected chi connectivity index (χ0v) is 14.6. The Labute approximate surface area is 145 Å². The van der Waals surface area contributed by atoms with Gasteiger partial charge in [-0.05, 0) is 19.1 Å². The molecule has 6 nitrogen and oxygen atoms in total. The first-order chi connectivity index (χ1) is 11.5. The van der Waals surface area contributed by atoms with Crippen molar-refractivity contribution in [3.8, 4) is 5.75 Å². The smallest absolute Gasteiger partial charge is 0.416 e. The van der Waals surface area contributed by atoms with E-state index in [1.807, 2.05) is 0 Å². The number of carbonyl (C=O) groups excluding carboxylic acids is 1. The Morgan fingerprint density at radius 3 is 2.56 bits per heavy atom. The van der Waals surface area contributed by atoms with Crippen molar-refractivity contribution in [3.05, 3.63) is 34.2 Å². The van der Waals surface area contributed by atoms with Gasteiger partial charge >= 0.3 is 6.18 Å². The molecule has 0 spiro atoms. The van der Waals surface area contributed by atoms with Crippen LogP contribution < -0.4 is 5.32 Å². The molecule has 0 aliphatic heterocycles. The van der Waals surface area contributed by atoms with E-state index in [0.717, 1.165) is 24.3 Å². The van der Waals surface area contributed by atoms with Gasteiger partial charge < -0.3 is 5.11 Å². The fourth-order valence-electron chi connectivity index (χ4n) is 1.96. The van der Waals surface area contributed by atoms with Gasteiger partial charge in [-0.3, -0.25) is 10.1 Å². The zero-order chi connectivity index (χ0) is 19.0. The Hall–Kier alpha value is -2.14. The lowest BCUT2D eigenvalue weighted by Crippen LogP contribution is -2.15. The third-order valence-corrected chi connectivity index (χ3v) is 5.90. The summed E-state index contributed by atoms with van der Waals surface area (Å²) in [6, 6.07) is 1.54. The minimum atomic E-state index is -4.66. The topological polar surface area (TPSA) is 96.4 Å². The monoisotopic (exact) mass is 394 g/mol. The quantitative estimate of drug-likeness (QED) is 0.830. The van der Waals surface area contributed by atoms with E-state index in [1.165, 1.54) is 12.3 Å². The summed E-state index contributed by atoms with van der Waals surface area (Å²) in [4.78, 5) is 15.9. The number of nitrogens with zero attached hydrogens (tertiary/aromatic N) is 1. The molecule has 0 radical (unpaired) electrons. The van der Waals surface area contributed by atoms with Crippen LogP contribution in [0.4, 0.5) is 18.3 Å². The second-order valence-electron chi connectivity index (χ2n) is 4.98.